The van der Waals surface area contributed by atoms with E-state index in [1.54, 1.807) is 4.90 Å². The quantitative estimate of drug-likeness (QED) is 0.850. The van der Waals surface area contributed by atoms with Crippen LogP contribution in [0.1, 0.15) is 12.0 Å². The van der Waals surface area contributed by atoms with Crippen LogP contribution in [0.5, 0.6) is 11.5 Å². The number of likely N-dealkylation sites (tertiary alicyclic amines) is 1. The third kappa shape index (κ3) is 2.13. The van der Waals surface area contributed by atoms with Crippen LogP contribution in [0.25, 0.3) is 0 Å². The van der Waals surface area contributed by atoms with E-state index in [9.17, 15) is 4.79 Å². The minimum atomic E-state index is -0.334. The second-order valence-electron chi connectivity index (χ2n) is 4.64. The second kappa shape index (κ2) is 4.49. The zero-order valence-corrected chi connectivity index (χ0v) is 9.96. The highest BCUT2D eigenvalue weighted by atomic mass is 16.7. The van der Waals surface area contributed by atoms with E-state index in [4.69, 9.17) is 14.6 Å². The predicted molar refractivity (Wildman–Crippen MR) is 63.5 cm³/mol. The van der Waals surface area contributed by atoms with Crippen molar-refractivity contribution >= 4 is 5.91 Å². The van der Waals surface area contributed by atoms with Gasteiger partial charge in [-0.15, -0.1) is 0 Å². The monoisotopic (exact) mass is 249 g/mol. The van der Waals surface area contributed by atoms with E-state index in [0.29, 0.717) is 25.9 Å². The molecule has 0 spiro atoms. The molecule has 1 fully saturated rings. The van der Waals surface area contributed by atoms with Gasteiger partial charge < -0.3 is 19.5 Å². The Balaban J connectivity index is 1.55. The largest absolute Gasteiger partial charge is 0.454 e. The Bertz CT molecular complexity index is 468. The van der Waals surface area contributed by atoms with Crippen LogP contribution in [-0.4, -0.2) is 41.9 Å². The lowest BCUT2D eigenvalue weighted by Gasteiger charge is -2.35. The molecular weight excluding hydrogens is 234 g/mol. The maximum absolute atomic E-state index is 11.7. The van der Waals surface area contributed by atoms with Gasteiger partial charge in [0.25, 0.3) is 0 Å². The first kappa shape index (κ1) is 11.3. The van der Waals surface area contributed by atoms with E-state index < -0.39 is 0 Å². The fourth-order valence-electron chi connectivity index (χ4n) is 2.16. The minimum absolute atomic E-state index is 0.0953. The predicted octanol–water partition coefficient (Wildman–Crippen LogP) is 0.551. The molecular formula is C13H15NO4. The van der Waals surface area contributed by atoms with Crippen LogP contribution < -0.4 is 9.47 Å². The number of aliphatic hydroxyl groups excluding tert-OH is 1. The molecule has 1 N–H and O–H groups in total. The SMILES string of the molecule is O=C(CCc1ccc2c(c1)OCO2)N1CC(O)C1. The fourth-order valence-corrected chi connectivity index (χ4v) is 2.16. The normalized spacial score (nSPS) is 17.7. The number of β-amino-alcohol motifs (C(OH)–C–C–N with tert-alkyl or cyclic N) is 1. The van der Waals surface area contributed by atoms with Gasteiger partial charge in [-0.05, 0) is 24.1 Å². The van der Waals surface area contributed by atoms with Gasteiger partial charge in [0, 0.05) is 19.5 Å². The minimum Gasteiger partial charge on any atom is -0.454 e. The number of aryl methyl sites for hydroxylation is 1. The Kier molecular flexibility index (Phi) is 2.83. The summed E-state index contributed by atoms with van der Waals surface area (Å²) in [6, 6.07) is 5.74. The maximum Gasteiger partial charge on any atom is 0.231 e. The Labute approximate surface area is 105 Å². The molecule has 0 bridgehead atoms. The molecule has 0 unspecified atom stereocenters. The molecule has 1 saturated heterocycles. The van der Waals surface area contributed by atoms with Crippen LogP contribution in [0.2, 0.25) is 0 Å². The van der Waals surface area contributed by atoms with Gasteiger partial charge in [0.1, 0.15) is 0 Å². The summed E-state index contributed by atoms with van der Waals surface area (Å²) < 4.78 is 10.5. The molecule has 96 valence electrons. The molecule has 2 heterocycles. The number of rotatable bonds is 3. The molecule has 5 heteroatoms. The van der Waals surface area contributed by atoms with E-state index in [1.165, 1.54) is 0 Å². The lowest BCUT2D eigenvalue weighted by atomic mass is 10.1. The van der Waals surface area contributed by atoms with Crippen LogP contribution in [0.4, 0.5) is 0 Å². The molecule has 1 amide bonds. The van der Waals surface area contributed by atoms with Gasteiger partial charge in [-0.2, -0.15) is 0 Å². The number of ether oxygens (including phenoxy) is 2. The van der Waals surface area contributed by atoms with E-state index in [1.807, 2.05) is 18.2 Å². The van der Waals surface area contributed by atoms with E-state index in [0.717, 1.165) is 17.1 Å². The van der Waals surface area contributed by atoms with Crippen molar-refractivity contribution in [1.82, 2.24) is 4.90 Å². The summed E-state index contributed by atoms with van der Waals surface area (Å²) in [5.74, 6) is 1.60. The number of amides is 1. The number of carbonyl (C=O) groups excluding carboxylic acids is 1. The summed E-state index contributed by atoms with van der Waals surface area (Å²) in [6.07, 6.45) is 0.813. The standard InChI is InChI=1S/C13H15NO4/c15-10-6-14(7-10)13(16)4-2-9-1-3-11-12(5-9)18-8-17-11/h1,3,5,10,15H,2,4,6-8H2. The van der Waals surface area contributed by atoms with Gasteiger partial charge in [-0.1, -0.05) is 6.07 Å². The number of hydrogen-bond acceptors (Lipinski definition) is 4. The first-order chi connectivity index (χ1) is 8.72. The maximum atomic E-state index is 11.7. The number of benzene rings is 1. The number of fused-ring (bicyclic) bond motifs is 1. The molecule has 0 radical (unpaired) electrons. The van der Waals surface area contributed by atoms with E-state index in [-0.39, 0.29) is 18.8 Å². The van der Waals surface area contributed by atoms with Gasteiger partial charge >= 0.3 is 0 Å². The molecule has 2 aliphatic rings. The van der Waals surface area contributed by atoms with Crippen LogP contribution in [0, 0.1) is 0 Å². The van der Waals surface area contributed by atoms with Crippen molar-refractivity contribution in [3.63, 3.8) is 0 Å². The second-order valence-corrected chi connectivity index (χ2v) is 4.64. The van der Waals surface area contributed by atoms with Crippen molar-refractivity contribution in [3.05, 3.63) is 23.8 Å². The highest BCUT2D eigenvalue weighted by Crippen LogP contribution is 2.32. The van der Waals surface area contributed by atoms with Crippen molar-refractivity contribution in [3.8, 4) is 11.5 Å². The Morgan fingerprint density at radius 1 is 1.33 bits per heavy atom. The molecule has 0 aliphatic carbocycles. The zero-order valence-electron chi connectivity index (χ0n) is 9.96. The van der Waals surface area contributed by atoms with Crippen molar-refractivity contribution < 1.29 is 19.4 Å². The van der Waals surface area contributed by atoms with Crippen molar-refractivity contribution in [2.75, 3.05) is 19.9 Å². The fraction of sp³-hybridized carbons (Fsp3) is 0.462. The Morgan fingerprint density at radius 3 is 2.89 bits per heavy atom. The van der Waals surface area contributed by atoms with Crippen molar-refractivity contribution in [2.45, 2.75) is 18.9 Å². The average molecular weight is 249 g/mol. The average Bonchev–Trinajstić information content (AvgIpc) is 2.79. The Morgan fingerprint density at radius 2 is 2.11 bits per heavy atom. The van der Waals surface area contributed by atoms with Crippen LogP contribution in [0.3, 0.4) is 0 Å². The third-order valence-electron chi connectivity index (χ3n) is 3.28. The van der Waals surface area contributed by atoms with E-state index >= 15 is 0 Å². The van der Waals surface area contributed by atoms with Crippen molar-refractivity contribution in [2.24, 2.45) is 0 Å². The van der Waals surface area contributed by atoms with Gasteiger partial charge in [0.15, 0.2) is 11.5 Å². The molecule has 3 rings (SSSR count). The third-order valence-corrected chi connectivity index (χ3v) is 3.28. The molecule has 2 aliphatic heterocycles. The van der Waals surface area contributed by atoms with Crippen LogP contribution in [0.15, 0.2) is 18.2 Å². The summed E-state index contributed by atoms with van der Waals surface area (Å²) in [5.41, 5.74) is 1.06. The van der Waals surface area contributed by atoms with Gasteiger partial charge in [-0.25, -0.2) is 0 Å². The lowest BCUT2D eigenvalue weighted by Crippen LogP contribution is -2.53. The molecule has 0 saturated carbocycles. The zero-order chi connectivity index (χ0) is 12.5. The van der Waals surface area contributed by atoms with Gasteiger partial charge in [0.2, 0.25) is 12.7 Å². The molecule has 0 atom stereocenters. The highest BCUT2D eigenvalue weighted by molar-refractivity contribution is 5.77. The first-order valence-corrected chi connectivity index (χ1v) is 6.07. The molecule has 1 aromatic rings. The summed E-state index contributed by atoms with van der Waals surface area (Å²) in [4.78, 5) is 13.4. The summed E-state index contributed by atoms with van der Waals surface area (Å²) in [6.45, 7) is 1.21. The topological polar surface area (TPSA) is 59.0 Å². The molecule has 1 aromatic carbocycles. The summed E-state index contributed by atoms with van der Waals surface area (Å²) in [7, 11) is 0. The molecule has 18 heavy (non-hydrogen) atoms. The number of nitrogens with zero attached hydrogens (tertiary/aromatic N) is 1. The first-order valence-electron chi connectivity index (χ1n) is 6.07. The van der Waals surface area contributed by atoms with Gasteiger partial charge in [0.05, 0.1) is 6.10 Å². The number of aliphatic hydroxyl groups is 1. The summed E-state index contributed by atoms with van der Waals surface area (Å²) >= 11 is 0. The molecule has 5 nitrogen and oxygen atoms in total. The van der Waals surface area contributed by atoms with Crippen LogP contribution >= 0.6 is 0 Å². The van der Waals surface area contributed by atoms with E-state index in [2.05, 4.69) is 0 Å². The smallest absolute Gasteiger partial charge is 0.231 e. The van der Waals surface area contributed by atoms with Crippen LogP contribution in [-0.2, 0) is 11.2 Å². The molecule has 0 aromatic heterocycles. The lowest BCUT2D eigenvalue weighted by molar-refractivity contribution is -0.141. The Hall–Kier alpha value is -1.75. The number of carbonyl (C=O) groups is 1. The summed E-state index contributed by atoms with van der Waals surface area (Å²) in [5, 5.41) is 9.13. The van der Waals surface area contributed by atoms with Crippen molar-refractivity contribution in [1.29, 1.82) is 0 Å². The number of hydrogen-bond donors (Lipinski definition) is 1. The van der Waals surface area contributed by atoms with Gasteiger partial charge in [-0.3, -0.25) is 4.79 Å². The highest BCUT2D eigenvalue weighted by Gasteiger charge is 2.28.